The van der Waals surface area contributed by atoms with Gasteiger partial charge in [0, 0.05) is 42.8 Å². The summed E-state index contributed by atoms with van der Waals surface area (Å²) in [6, 6.07) is 12.2. The quantitative estimate of drug-likeness (QED) is 0.422. The summed E-state index contributed by atoms with van der Waals surface area (Å²) in [4.78, 5) is 43.0. The molecular weight excluding hydrogens is 501 g/mol. The van der Waals surface area contributed by atoms with E-state index in [1.54, 1.807) is 41.8 Å². The van der Waals surface area contributed by atoms with E-state index >= 15 is 0 Å². The third-order valence-corrected chi connectivity index (χ3v) is 7.81. The molecule has 2 aromatic carbocycles. The Morgan fingerprint density at radius 2 is 1.85 bits per heavy atom. The van der Waals surface area contributed by atoms with Crippen LogP contribution >= 0.6 is 0 Å². The molecule has 4 aromatic rings. The molecule has 10 heteroatoms. The number of imidazole rings is 1. The van der Waals surface area contributed by atoms with Crippen molar-refractivity contribution in [3.63, 3.8) is 0 Å². The lowest BCUT2D eigenvalue weighted by Gasteiger charge is -2.48. The van der Waals surface area contributed by atoms with Crippen molar-refractivity contribution in [2.45, 2.75) is 51.7 Å². The summed E-state index contributed by atoms with van der Waals surface area (Å²) in [5.41, 5.74) is 2.57. The number of halogens is 1. The SMILES string of the molecule is Cc1cc(-n2nc3c(c2-n2cc[nH]c2=O)[C@H](C)N(C(=O)OCc2ccccc2)CC32CC(=O)C2)cc(C)c1F. The molecule has 1 spiro atoms. The number of carbonyl (C=O) groups is 2. The lowest BCUT2D eigenvalue weighted by molar-refractivity contribution is -0.130. The molecule has 1 amide bonds. The summed E-state index contributed by atoms with van der Waals surface area (Å²) in [6.07, 6.45) is 3.07. The van der Waals surface area contributed by atoms with Crippen LogP contribution in [0.25, 0.3) is 11.5 Å². The van der Waals surface area contributed by atoms with Crippen LogP contribution in [0.4, 0.5) is 9.18 Å². The zero-order chi connectivity index (χ0) is 27.5. The van der Waals surface area contributed by atoms with Crippen molar-refractivity contribution in [3.8, 4) is 11.5 Å². The Bertz CT molecular complexity index is 1640. The summed E-state index contributed by atoms with van der Waals surface area (Å²) >= 11 is 0. The zero-order valence-electron chi connectivity index (χ0n) is 21.9. The molecule has 0 unspecified atom stereocenters. The number of H-pyrrole nitrogens is 1. The van der Waals surface area contributed by atoms with E-state index in [4.69, 9.17) is 9.84 Å². The van der Waals surface area contributed by atoms with Gasteiger partial charge in [-0.25, -0.2) is 18.7 Å². The molecule has 1 atom stereocenters. The molecule has 3 heterocycles. The van der Waals surface area contributed by atoms with Gasteiger partial charge in [0.25, 0.3) is 0 Å². The number of aryl methyl sites for hydroxylation is 2. The second-order valence-corrected chi connectivity index (χ2v) is 10.5. The predicted octanol–water partition coefficient (Wildman–Crippen LogP) is 4.42. The minimum atomic E-state index is -0.700. The Morgan fingerprint density at radius 1 is 1.15 bits per heavy atom. The summed E-state index contributed by atoms with van der Waals surface area (Å²) in [5, 5.41) is 4.97. The minimum Gasteiger partial charge on any atom is -0.445 e. The highest BCUT2D eigenvalue weighted by Gasteiger charge is 2.55. The maximum atomic E-state index is 14.5. The van der Waals surface area contributed by atoms with Gasteiger partial charge in [-0.15, -0.1) is 0 Å². The smallest absolute Gasteiger partial charge is 0.410 e. The zero-order valence-corrected chi connectivity index (χ0v) is 21.9. The maximum Gasteiger partial charge on any atom is 0.410 e. The first-order valence-corrected chi connectivity index (χ1v) is 12.8. The topological polar surface area (TPSA) is 102 Å². The molecule has 0 radical (unpaired) electrons. The second-order valence-electron chi connectivity index (χ2n) is 10.5. The van der Waals surface area contributed by atoms with Crippen molar-refractivity contribution in [2.75, 3.05) is 6.54 Å². The van der Waals surface area contributed by atoms with Crippen molar-refractivity contribution < 1.29 is 18.7 Å². The van der Waals surface area contributed by atoms with Crippen molar-refractivity contribution >= 4 is 11.9 Å². The van der Waals surface area contributed by atoms with Crippen molar-refractivity contribution in [3.05, 3.63) is 99.1 Å². The number of aromatic nitrogens is 4. The van der Waals surface area contributed by atoms with Gasteiger partial charge in [-0.05, 0) is 49.6 Å². The monoisotopic (exact) mass is 529 g/mol. The minimum absolute atomic E-state index is 0.0801. The molecule has 6 rings (SSSR count). The number of ether oxygens (including phenoxy) is 1. The van der Waals surface area contributed by atoms with Crippen LogP contribution in [-0.2, 0) is 21.6 Å². The van der Waals surface area contributed by atoms with Crippen LogP contribution in [0.5, 0.6) is 0 Å². The molecule has 200 valence electrons. The van der Waals surface area contributed by atoms with Gasteiger partial charge < -0.3 is 14.6 Å². The molecular formula is C29H28FN5O4. The third-order valence-electron chi connectivity index (χ3n) is 7.81. The average molecular weight is 530 g/mol. The van der Waals surface area contributed by atoms with E-state index in [0.717, 1.165) is 5.56 Å². The van der Waals surface area contributed by atoms with E-state index in [1.807, 2.05) is 37.3 Å². The fraction of sp³-hybridized carbons (Fsp3) is 0.310. The number of hydrogen-bond acceptors (Lipinski definition) is 5. The number of carbonyl (C=O) groups excluding carboxylic acids is 2. The normalized spacial score (nSPS) is 17.7. The Kier molecular flexibility index (Phi) is 5.78. The molecule has 1 aliphatic heterocycles. The molecule has 2 aliphatic rings. The van der Waals surface area contributed by atoms with Crippen LogP contribution in [0.15, 0.2) is 59.7 Å². The number of Topliss-reactive ketones (excluding diaryl/α,β-unsaturated/α-hetero) is 1. The number of fused-ring (bicyclic) bond motifs is 2. The molecule has 2 aromatic heterocycles. The Hall–Kier alpha value is -4.47. The summed E-state index contributed by atoms with van der Waals surface area (Å²) in [6.45, 7) is 5.59. The van der Waals surface area contributed by atoms with E-state index in [2.05, 4.69) is 4.98 Å². The van der Waals surface area contributed by atoms with Gasteiger partial charge in [0.1, 0.15) is 24.0 Å². The van der Waals surface area contributed by atoms with Crippen molar-refractivity contribution in [1.82, 2.24) is 24.2 Å². The first-order valence-electron chi connectivity index (χ1n) is 12.8. The van der Waals surface area contributed by atoms with Crippen LogP contribution in [0, 0.1) is 19.7 Å². The van der Waals surface area contributed by atoms with Gasteiger partial charge in [-0.3, -0.25) is 9.36 Å². The molecule has 9 nitrogen and oxygen atoms in total. The lowest BCUT2D eigenvalue weighted by atomic mass is 9.62. The van der Waals surface area contributed by atoms with Gasteiger partial charge in [0.05, 0.1) is 17.4 Å². The molecule has 1 N–H and O–H groups in total. The number of hydrogen-bond donors (Lipinski definition) is 1. The predicted molar refractivity (Wildman–Crippen MR) is 141 cm³/mol. The number of ketones is 1. The highest BCUT2D eigenvalue weighted by atomic mass is 19.1. The van der Waals surface area contributed by atoms with Gasteiger partial charge in [-0.2, -0.15) is 5.10 Å². The van der Waals surface area contributed by atoms with E-state index in [1.165, 1.54) is 10.8 Å². The van der Waals surface area contributed by atoms with E-state index in [-0.39, 0.29) is 43.3 Å². The number of nitrogens with zero attached hydrogens (tertiary/aromatic N) is 4. The highest BCUT2D eigenvalue weighted by molar-refractivity contribution is 5.89. The maximum absolute atomic E-state index is 14.5. The summed E-state index contributed by atoms with van der Waals surface area (Å²) in [5.74, 6) is 0.211. The second kappa shape index (κ2) is 9.07. The van der Waals surface area contributed by atoms with Gasteiger partial charge in [0.15, 0.2) is 0 Å². The van der Waals surface area contributed by atoms with Gasteiger partial charge in [0.2, 0.25) is 0 Å². The third kappa shape index (κ3) is 3.98. The molecule has 39 heavy (non-hydrogen) atoms. The molecule has 1 aliphatic carbocycles. The van der Waals surface area contributed by atoms with E-state index in [0.29, 0.717) is 33.9 Å². The van der Waals surface area contributed by atoms with Crippen LogP contribution in [0.3, 0.4) is 0 Å². The number of rotatable bonds is 4. The number of aromatic amines is 1. The summed E-state index contributed by atoms with van der Waals surface area (Å²) < 4.78 is 23.3. The standard InChI is InChI=1S/C29H28FN5O4/c1-17-11-21(12-18(2)24(17)30)35-26(33-10-9-31-27(33)37)23-19(3)34(16-29(25(23)32-35)13-22(36)14-29)28(38)39-15-20-7-5-4-6-8-20/h4-12,19H,13-16H2,1-3H3,(H,31,37)/t19-/m0/s1. The van der Waals surface area contributed by atoms with Crippen LogP contribution < -0.4 is 5.69 Å². The fourth-order valence-corrected chi connectivity index (χ4v) is 5.84. The number of amides is 1. The first-order chi connectivity index (χ1) is 18.7. The first kappa shape index (κ1) is 24.8. The number of nitrogens with one attached hydrogen (secondary N) is 1. The molecule has 1 saturated carbocycles. The van der Waals surface area contributed by atoms with Crippen LogP contribution in [0.2, 0.25) is 0 Å². The van der Waals surface area contributed by atoms with Crippen LogP contribution in [-0.4, -0.2) is 42.7 Å². The molecule has 0 saturated heterocycles. The highest BCUT2D eigenvalue weighted by Crippen LogP contribution is 2.51. The average Bonchev–Trinajstić information content (AvgIpc) is 3.51. The van der Waals surface area contributed by atoms with E-state index in [9.17, 15) is 18.8 Å². The van der Waals surface area contributed by atoms with Gasteiger partial charge in [-0.1, -0.05) is 30.3 Å². The van der Waals surface area contributed by atoms with Crippen molar-refractivity contribution in [1.29, 1.82) is 0 Å². The largest absolute Gasteiger partial charge is 0.445 e. The fourth-order valence-electron chi connectivity index (χ4n) is 5.84. The van der Waals surface area contributed by atoms with E-state index < -0.39 is 17.6 Å². The Morgan fingerprint density at radius 3 is 2.46 bits per heavy atom. The summed E-state index contributed by atoms with van der Waals surface area (Å²) in [7, 11) is 0. The lowest BCUT2D eigenvalue weighted by Crippen LogP contribution is -2.56. The van der Waals surface area contributed by atoms with Crippen molar-refractivity contribution in [2.24, 2.45) is 0 Å². The molecule has 0 bridgehead atoms. The Balaban J connectivity index is 1.50. The molecule has 1 fully saturated rings. The van der Waals surface area contributed by atoms with Crippen LogP contribution in [0.1, 0.15) is 53.8 Å². The van der Waals surface area contributed by atoms with Gasteiger partial charge >= 0.3 is 11.8 Å². The number of benzene rings is 2. The Labute approximate surface area is 223 Å².